The molecule has 2 rings (SSSR count). The van der Waals surface area contributed by atoms with Gasteiger partial charge in [-0.1, -0.05) is 0 Å². The highest BCUT2D eigenvalue weighted by Crippen LogP contribution is 2.14. The summed E-state index contributed by atoms with van der Waals surface area (Å²) in [6.07, 6.45) is 0.701. The number of ether oxygens (including phenoxy) is 4. The molecule has 0 spiro atoms. The van der Waals surface area contributed by atoms with Crippen molar-refractivity contribution in [1.82, 2.24) is 0 Å². The average molecular weight is 260 g/mol. The smallest absolute Gasteiger partial charge is 0.450 e. The van der Waals surface area contributed by atoms with Gasteiger partial charge >= 0.3 is 18.1 Å². The van der Waals surface area contributed by atoms with E-state index in [0.717, 1.165) is 0 Å². The molecule has 0 bridgehead atoms. The zero-order valence-electron chi connectivity index (χ0n) is 9.53. The fourth-order valence-electron chi connectivity index (χ4n) is 1.17. The third-order valence-electron chi connectivity index (χ3n) is 1.93. The van der Waals surface area contributed by atoms with Gasteiger partial charge in [-0.3, -0.25) is 4.79 Å². The molecule has 0 amide bonds. The van der Waals surface area contributed by atoms with E-state index in [0.29, 0.717) is 6.42 Å². The first-order chi connectivity index (χ1) is 8.51. The summed E-state index contributed by atoms with van der Waals surface area (Å²) in [5.74, 6) is -0.747. The van der Waals surface area contributed by atoms with Gasteiger partial charge in [0.2, 0.25) is 6.29 Å². The molecule has 0 aliphatic carbocycles. The Labute approximate surface area is 102 Å². The van der Waals surface area contributed by atoms with Crippen LogP contribution in [0.4, 0.5) is 4.79 Å². The Morgan fingerprint density at radius 1 is 1.44 bits per heavy atom. The first-order valence-electron chi connectivity index (χ1n) is 5.02. The zero-order valence-corrected chi connectivity index (χ0v) is 9.53. The number of hydrogen-bond donors (Lipinski definition) is 1. The lowest BCUT2D eigenvalue weighted by Crippen LogP contribution is -2.15. The van der Waals surface area contributed by atoms with Gasteiger partial charge in [0.25, 0.3) is 6.29 Å². The number of methoxy groups -OCH3 is 1. The van der Waals surface area contributed by atoms with E-state index in [4.69, 9.17) is 5.11 Å². The summed E-state index contributed by atoms with van der Waals surface area (Å²) >= 11 is 0. The maximum atomic E-state index is 10.3. The summed E-state index contributed by atoms with van der Waals surface area (Å²) in [5.41, 5.74) is 0. The van der Waals surface area contributed by atoms with E-state index in [1.807, 2.05) is 0 Å². The highest BCUT2D eigenvalue weighted by molar-refractivity contribution is 5.84. The van der Waals surface area contributed by atoms with Crippen molar-refractivity contribution < 1.29 is 38.4 Å². The lowest BCUT2D eigenvalue weighted by molar-refractivity contribution is -0.156. The van der Waals surface area contributed by atoms with Gasteiger partial charge in [-0.25, -0.2) is 9.59 Å². The molecule has 8 nitrogen and oxygen atoms in total. The van der Waals surface area contributed by atoms with Crippen LogP contribution < -0.4 is 0 Å². The summed E-state index contributed by atoms with van der Waals surface area (Å²) in [5, 5.41) is 8.05. The summed E-state index contributed by atoms with van der Waals surface area (Å²) < 4.78 is 17.8. The number of rotatable bonds is 2. The largest absolute Gasteiger partial charge is 0.508 e. The minimum absolute atomic E-state index is 0.234. The van der Waals surface area contributed by atoms with Crippen molar-refractivity contribution in [2.24, 2.45) is 0 Å². The Hall–Kier alpha value is -2.09. The van der Waals surface area contributed by atoms with Gasteiger partial charge in [0.15, 0.2) is 0 Å². The average Bonchev–Trinajstić information content (AvgIpc) is 2.88. The Bertz CT molecular complexity index is 361. The van der Waals surface area contributed by atoms with Crippen molar-refractivity contribution in [3.63, 3.8) is 0 Å². The maximum absolute atomic E-state index is 10.3. The number of carboxylic acid groups (broad SMARTS) is 1. The summed E-state index contributed by atoms with van der Waals surface area (Å²) in [6, 6.07) is 0. The number of carbonyl (C=O) groups excluding carboxylic acids is 2. The van der Waals surface area contributed by atoms with Gasteiger partial charge in [-0.2, -0.15) is 0 Å². The van der Waals surface area contributed by atoms with E-state index in [9.17, 15) is 14.4 Å². The molecule has 100 valence electrons. The van der Waals surface area contributed by atoms with Gasteiger partial charge in [-0.15, -0.1) is 0 Å². The monoisotopic (exact) mass is 260 g/mol. The Morgan fingerprint density at radius 2 is 2.17 bits per heavy atom. The number of cyclic esters (lactones) is 2. The summed E-state index contributed by atoms with van der Waals surface area (Å²) in [4.78, 5) is 30.4. The van der Waals surface area contributed by atoms with E-state index < -0.39 is 24.7 Å². The highest BCUT2D eigenvalue weighted by atomic mass is 16.8. The van der Waals surface area contributed by atoms with Gasteiger partial charge in [0.05, 0.1) is 6.42 Å². The standard InChI is InChI=1S/C5H6O5.C5H6O3/c6-3-1-2-4(9-3)10-5(7)8;1-7-5-3-2-4(6)8-5/h4H,1-2H2,(H,7,8);2-3,5H,1H3. The molecule has 8 heteroatoms. The molecule has 1 saturated heterocycles. The first-order valence-corrected chi connectivity index (χ1v) is 5.02. The Kier molecular flexibility index (Phi) is 5.12. The molecule has 2 unspecified atom stereocenters. The van der Waals surface area contributed by atoms with Crippen LogP contribution in [-0.2, 0) is 28.5 Å². The van der Waals surface area contributed by atoms with E-state index in [2.05, 4.69) is 18.9 Å². The molecule has 18 heavy (non-hydrogen) atoms. The molecule has 1 N–H and O–H groups in total. The van der Waals surface area contributed by atoms with Crippen molar-refractivity contribution in [2.75, 3.05) is 7.11 Å². The molecular weight excluding hydrogens is 248 g/mol. The second-order valence-electron chi connectivity index (χ2n) is 3.24. The maximum Gasteiger partial charge on any atom is 0.508 e. The predicted molar refractivity (Wildman–Crippen MR) is 54.3 cm³/mol. The van der Waals surface area contributed by atoms with Crippen molar-refractivity contribution >= 4 is 18.1 Å². The molecule has 2 heterocycles. The Morgan fingerprint density at radius 3 is 2.50 bits per heavy atom. The molecule has 0 aromatic carbocycles. The lowest BCUT2D eigenvalue weighted by Gasteiger charge is -2.05. The van der Waals surface area contributed by atoms with Crippen LogP contribution in [0.3, 0.4) is 0 Å². The van der Waals surface area contributed by atoms with Crippen LogP contribution in [0.25, 0.3) is 0 Å². The van der Waals surface area contributed by atoms with E-state index in [1.165, 1.54) is 13.2 Å². The fraction of sp³-hybridized carbons (Fsp3) is 0.500. The van der Waals surface area contributed by atoms with Crippen LogP contribution in [0.15, 0.2) is 12.2 Å². The van der Waals surface area contributed by atoms with Gasteiger partial charge in [0, 0.05) is 19.6 Å². The van der Waals surface area contributed by atoms with Crippen molar-refractivity contribution in [3.8, 4) is 0 Å². The highest BCUT2D eigenvalue weighted by Gasteiger charge is 2.26. The topological polar surface area (TPSA) is 108 Å². The van der Waals surface area contributed by atoms with Gasteiger partial charge in [-0.05, 0) is 6.08 Å². The molecular formula is C10H12O8. The summed E-state index contributed by atoms with van der Waals surface area (Å²) in [6.45, 7) is 0. The Balaban J connectivity index is 0.000000184. The van der Waals surface area contributed by atoms with Crippen LogP contribution in [0.2, 0.25) is 0 Å². The molecule has 0 saturated carbocycles. The minimum atomic E-state index is -1.42. The van der Waals surface area contributed by atoms with Crippen LogP contribution in [-0.4, -0.2) is 42.9 Å². The normalized spacial score (nSPS) is 24.9. The third-order valence-corrected chi connectivity index (χ3v) is 1.93. The fourth-order valence-corrected chi connectivity index (χ4v) is 1.17. The van der Waals surface area contributed by atoms with E-state index in [-0.39, 0.29) is 12.4 Å². The summed E-state index contributed by atoms with van der Waals surface area (Å²) in [7, 11) is 1.48. The molecule has 0 aromatic heterocycles. The quantitative estimate of drug-likeness (QED) is 0.711. The van der Waals surface area contributed by atoms with Crippen LogP contribution >= 0.6 is 0 Å². The number of hydrogen-bond acceptors (Lipinski definition) is 7. The molecule has 1 fully saturated rings. The second kappa shape index (κ2) is 6.60. The van der Waals surface area contributed by atoms with Crippen molar-refractivity contribution in [2.45, 2.75) is 25.4 Å². The number of esters is 2. The van der Waals surface area contributed by atoms with Crippen LogP contribution in [0, 0.1) is 0 Å². The number of carbonyl (C=O) groups is 3. The molecule has 2 atom stereocenters. The van der Waals surface area contributed by atoms with Gasteiger partial charge in [0.1, 0.15) is 0 Å². The van der Waals surface area contributed by atoms with Crippen LogP contribution in [0.1, 0.15) is 12.8 Å². The second-order valence-corrected chi connectivity index (χ2v) is 3.24. The van der Waals surface area contributed by atoms with Crippen molar-refractivity contribution in [3.05, 3.63) is 12.2 Å². The molecule has 2 aliphatic rings. The SMILES string of the molecule is COC1C=CC(=O)O1.O=C(O)OC1CCC(=O)O1. The van der Waals surface area contributed by atoms with Gasteiger partial charge < -0.3 is 24.1 Å². The van der Waals surface area contributed by atoms with Crippen LogP contribution in [0.5, 0.6) is 0 Å². The molecule has 0 radical (unpaired) electrons. The zero-order chi connectivity index (χ0) is 13.5. The molecule has 2 aliphatic heterocycles. The van der Waals surface area contributed by atoms with E-state index >= 15 is 0 Å². The lowest BCUT2D eigenvalue weighted by atomic mass is 10.4. The van der Waals surface area contributed by atoms with Crippen molar-refractivity contribution in [1.29, 1.82) is 0 Å². The predicted octanol–water partition coefficient (Wildman–Crippen LogP) is 0.416. The first kappa shape index (κ1) is 14.0. The molecule has 0 aromatic rings. The minimum Gasteiger partial charge on any atom is -0.450 e. The third kappa shape index (κ3) is 4.83. The van der Waals surface area contributed by atoms with E-state index in [1.54, 1.807) is 6.08 Å².